The standard InChI is InChI=1S/C7H4Cl2S/c8-4-1-2-6-3-5-10-7(6)9/h3,5H,4H2. The molecule has 0 saturated heterocycles. The Kier molecular flexibility index (Phi) is 3.08. The molecule has 1 aromatic heterocycles. The molecule has 0 nitrogen and oxygen atoms in total. The molecule has 3 heteroatoms. The molecule has 0 fully saturated rings. The Morgan fingerprint density at radius 2 is 2.40 bits per heavy atom. The summed E-state index contributed by atoms with van der Waals surface area (Å²) in [4.78, 5) is 0. The molecule has 0 saturated carbocycles. The minimum absolute atomic E-state index is 0.353. The maximum Gasteiger partial charge on any atom is 0.108 e. The number of alkyl halides is 1. The summed E-state index contributed by atoms with van der Waals surface area (Å²) in [5, 5.41) is 1.90. The van der Waals surface area contributed by atoms with Crippen molar-refractivity contribution in [3.05, 3.63) is 21.3 Å². The lowest BCUT2D eigenvalue weighted by Crippen LogP contribution is -1.66. The van der Waals surface area contributed by atoms with Gasteiger partial charge in [0.2, 0.25) is 0 Å². The summed E-state index contributed by atoms with van der Waals surface area (Å²) in [5.41, 5.74) is 0.868. The van der Waals surface area contributed by atoms with Gasteiger partial charge in [0.05, 0.1) is 11.4 Å². The molecule has 1 heterocycles. The average Bonchev–Trinajstić information content (AvgIpc) is 2.31. The lowest BCUT2D eigenvalue weighted by atomic mass is 10.3. The summed E-state index contributed by atoms with van der Waals surface area (Å²) in [6.07, 6.45) is 0. The van der Waals surface area contributed by atoms with Crippen LogP contribution in [0.3, 0.4) is 0 Å². The highest BCUT2D eigenvalue weighted by atomic mass is 35.5. The van der Waals surface area contributed by atoms with E-state index in [1.54, 1.807) is 0 Å². The van der Waals surface area contributed by atoms with Gasteiger partial charge in [-0.3, -0.25) is 0 Å². The average molecular weight is 191 g/mol. The molecular weight excluding hydrogens is 187 g/mol. The molecular formula is C7H4Cl2S. The van der Waals surface area contributed by atoms with Crippen LogP contribution in [-0.4, -0.2) is 5.88 Å². The maximum atomic E-state index is 5.75. The third-order valence-electron chi connectivity index (χ3n) is 0.908. The van der Waals surface area contributed by atoms with Gasteiger partial charge in [0.1, 0.15) is 4.34 Å². The molecule has 0 aromatic carbocycles. The number of rotatable bonds is 0. The van der Waals surface area contributed by atoms with Gasteiger partial charge in [0.25, 0.3) is 0 Å². The van der Waals surface area contributed by atoms with E-state index >= 15 is 0 Å². The van der Waals surface area contributed by atoms with Crippen LogP contribution in [0.25, 0.3) is 0 Å². The smallest absolute Gasteiger partial charge is 0.108 e. The van der Waals surface area contributed by atoms with E-state index in [9.17, 15) is 0 Å². The SMILES string of the molecule is ClCC#Cc1ccsc1Cl. The zero-order valence-corrected chi connectivity index (χ0v) is 7.35. The van der Waals surface area contributed by atoms with Crippen LogP contribution < -0.4 is 0 Å². The van der Waals surface area contributed by atoms with Crippen molar-refractivity contribution in [3.63, 3.8) is 0 Å². The molecule has 0 aliphatic carbocycles. The first-order valence-corrected chi connectivity index (χ1v) is 4.41. The Bertz CT molecular complexity index is 267. The van der Waals surface area contributed by atoms with Crippen molar-refractivity contribution in [1.82, 2.24) is 0 Å². The second-order valence-corrected chi connectivity index (χ2v) is 3.33. The van der Waals surface area contributed by atoms with Crippen LogP contribution in [0.4, 0.5) is 0 Å². The highest BCUT2D eigenvalue weighted by Crippen LogP contribution is 2.21. The van der Waals surface area contributed by atoms with E-state index in [0.717, 1.165) is 9.90 Å². The quantitative estimate of drug-likeness (QED) is 0.436. The van der Waals surface area contributed by atoms with E-state index in [2.05, 4.69) is 11.8 Å². The predicted octanol–water partition coefficient (Wildman–Crippen LogP) is 2.99. The van der Waals surface area contributed by atoms with Gasteiger partial charge in [-0.15, -0.1) is 22.9 Å². The Morgan fingerprint density at radius 3 is 2.90 bits per heavy atom. The van der Waals surface area contributed by atoms with Crippen molar-refractivity contribution in [1.29, 1.82) is 0 Å². The van der Waals surface area contributed by atoms with E-state index < -0.39 is 0 Å². The molecule has 0 radical (unpaired) electrons. The van der Waals surface area contributed by atoms with E-state index in [1.165, 1.54) is 11.3 Å². The van der Waals surface area contributed by atoms with Crippen molar-refractivity contribution in [2.45, 2.75) is 0 Å². The second-order valence-electron chi connectivity index (χ2n) is 1.54. The molecule has 0 aliphatic rings. The molecule has 0 amide bonds. The van der Waals surface area contributed by atoms with Crippen molar-refractivity contribution >= 4 is 34.5 Å². The first kappa shape index (κ1) is 7.94. The fraction of sp³-hybridized carbons (Fsp3) is 0.143. The van der Waals surface area contributed by atoms with Gasteiger partial charge >= 0.3 is 0 Å². The molecule has 1 aromatic rings. The topological polar surface area (TPSA) is 0 Å². The van der Waals surface area contributed by atoms with Crippen LogP contribution in [0, 0.1) is 11.8 Å². The van der Waals surface area contributed by atoms with Gasteiger partial charge in [0.15, 0.2) is 0 Å². The molecule has 1 rings (SSSR count). The lowest BCUT2D eigenvalue weighted by molar-refractivity contribution is 1.81. The van der Waals surface area contributed by atoms with Crippen molar-refractivity contribution < 1.29 is 0 Å². The first-order valence-electron chi connectivity index (χ1n) is 2.62. The molecule has 0 spiro atoms. The summed E-state index contributed by atoms with van der Waals surface area (Å²) in [7, 11) is 0. The van der Waals surface area contributed by atoms with Crippen LogP contribution in [0.1, 0.15) is 5.56 Å². The third-order valence-corrected chi connectivity index (χ3v) is 2.21. The van der Waals surface area contributed by atoms with Crippen LogP contribution in [0.15, 0.2) is 11.4 Å². The van der Waals surface area contributed by atoms with Gasteiger partial charge in [-0.25, -0.2) is 0 Å². The number of thiophene rings is 1. The van der Waals surface area contributed by atoms with Crippen molar-refractivity contribution in [3.8, 4) is 11.8 Å². The Hall–Kier alpha value is -0.160. The summed E-state index contributed by atoms with van der Waals surface area (Å²) < 4.78 is 0.734. The number of hydrogen-bond donors (Lipinski definition) is 0. The molecule has 0 N–H and O–H groups in total. The van der Waals surface area contributed by atoms with E-state index in [4.69, 9.17) is 23.2 Å². The van der Waals surface area contributed by atoms with Crippen LogP contribution in [-0.2, 0) is 0 Å². The molecule has 0 atom stereocenters. The normalized spacial score (nSPS) is 8.60. The van der Waals surface area contributed by atoms with Gasteiger partial charge in [-0.05, 0) is 11.4 Å². The lowest BCUT2D eigenvalue weighted by Gasteiger charge is -1.79. The van der Waals surface area contributed by atoms with Crippen LogP contribution >= 0.6 is 34.5 Å². The largest absolute Gasteiger partial charge is 0.131 e. The van der Waals surface area contributed by atoms with Crippen molar-refractivity contribution in [2.24, 2.45) is 0 Å². The molecule has 0 aliphatic heterocycles. The summed E-state index contributed by atoms with van der Waals surface area (Å²) in [5.74, 6) is 5.92. The van der Waals surface area contributed by atoms with Crippen molar-refractivity contribution in [2.75, 3.05) is 5.88 Å². The second kappa shape index (κ2) is 3.88. The van der Waals surface area contributed by atoms with Gasteiger partial charge in [0, 0.05) is 0 Å². The fourth-order valence-electron chi connectivity index (χ4n) is 0.510. The zero-order chi connectivity index (χ0) is 7.40. The highest BCUT2D eigenvalue weighted by molar-refractivity contribution is 7.14. The Balaban J connectivity index is 2.84. The molecule has 0 bridgehead atoms. The first-order chi connectivity index (χ1) is 4.84. The van der Waals surface area contributed by atoms with Gasteiger partial charge < -0.3 is 0 Å². The molecule has 0 unspecified atom stereocenters. The minimum atomic E-state index is 0.353. The Morgan fingerprint density at radius 1 is 1.60 bits per heavy atom. The monoisotopic (exact) mass is 190 g/mol. The van der Waals surface area contributed by atoms with E-state index in [1.807, 2.05) is 11.4 Å². The summed E-state index contributed by atoms with van der Waals surface area (Å²) >= 11 is 12.6. The minimum Gasteiger partial charge on any atom is -0.131 e. The third kappa shape index (κ3) is 1.91. The number of hydrogen-bond acceptors (Lipinski definition) is 1. The Labute approximate surface area is 73.8 Å². The van der Waals surface area contributed by atoms with Crippen LogP contribution in [0.5, 0.6) is 0 Å². The number of halogens is 2. The molecule has 52 valence electrons. The molecule has 10 heavy (non-hydrogen) atoms. The van der Waals surface area contributed by atoms with E-state index in [0.29, 0.717) is 5.88 Å². The summed E-state index contributed by atoms with van der Waals surface area (Å²) in [6.45, 7) is 0. The zero-order valence-electron chi connectivity index (χ0n) is 5.03. The predicted molar refractivity (Wildman–Crippen MR) is 46.9 cm³/mol. The van der Waals surface area contributed by atoms with E-state index in [-0.39, 0.29) is 0 Å². The maximum absolute atomic E-state index is 5.75. The van der Waals surface area contributed by atoms with Gasteiger partial charge in [-0.2, -0.15) is 0 Å². The fourth-order valence-corrected chi connectivity index (χ4v) is 1.41. The summed E-state index contributed by atoms with van der Waals surface area (Å²) in [6, 6.07) is 1.88. The highest BCUT2D eigenvalue weighted by Gasteiger charge is 1.94. The van der Waals surface area contributed by atoms with Crippen LogP contribution in [0.2, 0.25) is 4.34 Å². The van der Waals surface area contributed by atoms with Gasteiger partial charge in [-0.1, -0.05) is 23.4 Å².